The third-order valence-electron chi connectivity index (χ3n) is 2.92. The summed E-state index contributed by atoms with van der Waals surface area (Å²) in [5.74, 6) is 0.976. The van der Waals surface area contributed by atoms with E-state index in [-0.39, 0.29) is 0 Å². The van der Waals surface area contributed by atoms with Crippen LogP contribution in [0.15, 0.2) is 47.2 Å². The number of fused-ring (bicyclic) bond motifs is 1. The van der Waals surface area contributed by atoms with Gasteiger partial charge in [-0.3, -0.25) is 4.68 Å². The van der Waals surface area contributed by atoms with E-state index in [4.69, 9.17) is 4.74 Å². The minimum absolute atomic E-state index is 0.295. The first-order chi connectivity index (χ1) is 8.33. The van der Waals surface area contributed by atoms with Crippen LogP contribution in [0.4, 0.5) is 0 Å². The van der Waals surface area contributed by atoms with Crippen LogP contribution >= 0.6 is 15.9 Å². The summed E-state index contributed by atoms with van der Waals surface area (Å²) >= 11 is 3.51. The van der Waals surface area contributed by atoms with Gasteiger partial charge in [-0.25, -0.2) is 0 Å². The van der Waals surface area contributed by atoms with E-state index in [2.05, 4.69) is 27.4 Å². The van der Waals surface area contributed by atoms with Gasteiger partial charge in [-0.1, -0.05) is 15.9 Å². The standard InChI is InChI=1S/C13H13BrN2O/c14-10-3-4-13-11(9-10)12(5-8-17-13)15-16-6-1-2-7-16/h1-4,6-7,9,12,15H,5,8H2. The Balaban J connectivity index is 1.90. The van der Waals surface area contributed by atoms with E-state index in [0.717, 1.165) is 23.2 Å². The Morgan fingerprint density at radius 2 is 2.12 bits per heavy atom. The zero-order valence-electron chi connectivity index (χ0n) is 9.27. The van der Waals surface area contributed by atoms with Crippen LogP contribution in [0, 0.1) is 0 Å². The third-order valence-corrected chi connectivity index (χ3v) is 3.41. The number of hydrogen-bond donors (Lipinski definition) is 1. The molecule has 3 rings (SSSR count). The predicted octanol–water partition coefficient (Wildman–Crippen LogP) is 3.32. The Hall–Kier alpha value is -1.42. The van der Waals surface area contributed by atoms with Gasteiger partial charge in [-0.2, -0.15) is 0 Å². The molecule has 1 atom stereocenters. The minimum atomic E-state index is 0.295. The molecule has 1 unspecified atom stereocenters. The molecular weight excluding hydrogens is 280 g/mol. The number of rotatable bonds is 2. The number of nitrogens with one attached hydrogen (secondary N) is 1. The average Bonchev–Trinajstić information content (AvgIpc) is 2.83. The van der Waals surface area contributed by atoms with E-state index in [0.29, 0.717) is 6.04 Å². The second kappa shape index (κ2) is 4.45. The highest BCUT2D eigenvalue weighted by molar-refractivity contribution is 9.10. The van der Waals surface area contributed by atoms with Gasteiger partial charge < -0.3 is 10.2 Å². The third kappa shape index (κ3) is 2.17. The highest BCUT2D eigenvalue weighted by Crippen LogP contribution is 2.34. The molecular formula is C13H13BrN2O. The molecule has 1 aliphatic heterocycles. The van der Waals surface area contributed by atoms with Crippen molar-refractivity contribution in [2.75, 3.05) is 12.0 Å². The highest BCUT2D eigenvalue weighted by Gasteiger charge is 2.21. The maximum absolute atomic E-state index is 5.66. The molecule has 0 aliphatic carbocycles. The van der Waals surface area contributed by atoms with Gasteiger partial charge in [-0.15, -0.1) is 0 Å². The van der Waals surface area contributed by atoms with E-state index >= 15 is 0 Å². The van der Waals surface area contributed by atoms with Gasteiger partial charge in [0.1, 0.15) is 5.75 Å². The number of ether oxygens (including phenoxy) is 1. The smallest absolute Gasteiger partial charge is 0.124 e. The van der Waals surface area contributed by atoms with Crippen molar-refractivity contribution in [2.45, 2.75) is 12.5 Å². The molecule has 0 radical (unpaired) electrons. The van der Waals surface area contributed by atoms with E-state index in [9.17, 15) is 0 Å². The summed E-state index contributed by atoms with van der Waals surface area (Å²) < 4.78 is 8.73. The summed E-state index contributed by atoms with van der Waals surface area (Å²) in [6, 6.07) is 10.5. The Morgan fingerprint density at radius 3 is 2.94 bits per heavy atom. The van der Waals surface area contributed by atoms with Crippen molar-refractivity contribution >= 4 is 15.9 Å². The predicted molar refractivity (Wildman–Crippen MR) is 70.8 cm³/mol. The summed E-state index contributed by atoms with van der Waals surface area (Å²) in [7, 11) is 0. The SMILES string of the molecule is Brc1ccc2c(c1)C(Nn1cccc1)CCO2. The summed E-state index contributed by atoms with van der Waals surface area (Å²) in [6.45, 7) is 0.758. The number of benzene rings is 1. The van der Waals surface area contributed by atoms with Crippen LogP contribution in [0.25, 0.3) is 0 Å². The average molecular weight is 293 g/mol. The number of nitrogens with zero attached hydrogens (tertiary/aromatic N) is 1. The van der Waals surface area contributed by atoms with Gasteiger partial charge >= 0.3 is 0 Å². The molecule has 3 nitrogen and oxygen atoms in total. The van der Waals surface area contributed by atoms with Crippen molar-refractivity contribution in [3.63, 3.8) is 0 Å². The monoisotopic (exact) mass is 292 g/mol. The molecule has 0 saturated carbocycles. The topological polar surface area (TPSA) is 26.2 Å². The van der Waals surface area contributed by atoms with Gasteiger partial charge in [0.2, 0.25) is 0 Å². The second-order valence-corrected chi connectivity index (χ2v) is 5.01. The molecule has 1 aliphatic rings. The molecule has 0 saturated heterocycles. The zero-order valence-corrected chi connectivity index (χ0v) is 10.9. The first-order valence-corrected chi connectivity index (χ1v) is 6.44. The van der Waals surface area contributed by atoms with Crippen molar-refractivity contribution < 1.29 is 4.74 Å². The van der Waals surface area contributed by atoms with Crippen molar-refractivity contribution in [3.05, 3.63) is 52.8 Å². The Labute approximate surface area is 108 Å². The maximum atomic E-state index is 5.66. The normalized spacial score (nSPS) is 18.3. The van der Waals surface area contributed by atoms with Crippen molar-refractivity contribution in [1.29, 1.82) is 0 Å². The maximum Gasteiger partial charge on any atom is 0.124 e. The molecule has 0 spiro atoms. The molecule has 0 bridgehead atoms. The second-order valence-electron chi connectivity index (χ2n) is 4.09. The minimum Gasteiger partial charge on any atom is -0.493 e. The zero-order chi connectivity index (χ0) is 11.7. The van der Waals surface area contributed by atoms with E-state index in [1.165, 1.54) is 5.56 Å². The molecule has 4 heteroatoms. The molecule has 1 aromatic carbocycles. The lowest BCUT2D eigenvalue weighted by Gasteiger charge is -2.27. The number of hydrogen-bond acceptors (Lipinski definition) is 2. The largest absolute Gasteiger partial charge is 0.493 e. The molecule has 0 amide bonds. The molecule has 17 heavy (non-hydrogen) atoms. The number of aromatic nitrogens is 1. The summed E-state index contributed by atoms with van der Waals surface area (Å²) in [4.78, 5) is 0. The van der Waals surface area contributed by atoms with Crippen molar-refractivity contribution in [1.82, 2.24) is 4.68 Å². The number of halogens is 1. The summed E-state index contributed by atoms with van der Waals surface area (Å²) in [5, 5.41) is 0. The van der Waals surface area contributed by atoms with Crippen LogP contribution in [0.3, 0.4) is 0 Å². The van der Waals surface area contributed by atoms with Gasteiger partial charge in [0.05, 0.1) is 12.6 Å². The van der Waals surface area contributed by atoms with Gasteiger partial charge in [0, 0.05) is 28.9 Å². The van der Waals surface area contributed by atoms with Gasteiger partial charge in [-0.05, 0) is 30.3 Å². The quantitative estimate of drug-likeness (QED) is 0.919. The molecule has 88 valence electrons. The van der Waals surface area contributed by atoms with Crippen molar-refractivity contribution in [2.24, 2.45) is 0 Å². The van der Waals surface area contributed by atoms with E-state index in [1.807, 2.05) is 41.3 Å². The van der Waals surface area contributed by atoms with Gasteiger partial charge in [0.25, 0.3) is 0 Å². The highest BCUT2D eigenvalue weighted by atomic mass is 79.9. The van der Waals surface area contributed by atoms with E-state index in [1.54, 1.807) is 0 Å². The Bertz CT molecular complexity index is 510. The van der Waals surface area contributed by atoms with Crippen LogP contribution in [-0.4, -0.2) is 11.3 Å². The Kier molecular flexibility index (Phi) is 2.81. The van der Waals surface area contributed by atoms with E-state index < -0.39 is 0 Å². The fourth-order valence-electron chi connectivity index (χ4n) is 2.10. The molecule has 2 heterocycles. The van der Waals surface area contributed by atoms with Crippen LogP contribution in [0.1, 0.15) is 18.0 Å². The van der Waals surface area contributed by atoms with Crippen LogP contribution < -0.4 is 10.2 Å². The summed E-state index contributed by atoms with van der Waals surface area (Å²) in [6.07, 6.45) is 4.99. The molecule has 1 aromatic heterocycles. The first kappa shape index (κ1) is 10.7. The fraction of sp³-hybridized carbons (Fsp3) is 0.231. The van der Waals surface area contributed by atoms with Crippen LogP contribution in [-0.2, 0) is 0 Å². The van der Waals surface area contributed by atoms with Crippen molar-refractivity contribution in [3.8, 4) is 5.75 Å². The Morgan fingerprint density at radius 1 is 1.29 bits per heavy atom. The lowest BCUT2D eigenvalue weighted by molar-refractivity contribution is 0.270. The lowest BCUT2D eigenvalue weighted by atomic mass is 10.0. The summed E-state index contributed by atoms with van der Waals surface area (Å²) in [5.41, 5.74) is 4.67. The molecule has 0 fully saturated rings. The lowest BCUT2D eigenvalue weighted by Crippen LogP contribution is -2.25. The van der Waals surface area contributed by atoms with Gasteiger partial charge in [0.15, 0.2) is 0 Å². The fourth-order valence-corrected chi connectivity index (χ4v) is 2.48. The first-order valence-electron chi connectivity index (χ1n) is 5.65. The molecule has 1 N–H and O–H groups in total. The van der Waals surface area contributed by atoms with Crippen LogP contribution in [0.2, 0.25) is 0 Å². The van der Waals surface area contributed by atoms with Crippen LogP contribution in [0.5, 0.6) is 5.75 Å². The molecule has 2 aromatic rings.